The molecule has 2 saturated heterocycles. The highest BCUT2D eigenvalue weighted by Crippen LogP contribution is 2.29. The maximum Gasteiger partial charge on any atom is 0.113 e. The van der Waals surface area contributed by atoms with Crippen LogP contribution in [-0.2, 0) is 11.3 Å². The second kappa shape index (κ2) is 7.37. The zero-order valence-corrected chi connectivity index (χ0v) is 16.1. The molecule has 140 valence electrons. The van der Waals surface area contributed by atoms with E-state index in [1.54, 1.807) is 0 Å². The number of aromatic nitrogens is 3. The monoisotopic (exact) mass is 355 g/mol. The van der Waals surface area contributed by atoms with Gasteiger partial charge in [-0.3, -0.25) is 0 Å². The summed E-state index contributed by atoms with van der Waals surface area (Å²) in [5.74, 6) is 0. The molecule has 2 aliphatic rings. The molecule has 6 heteroatoms. The average molecular weight is 355 g/mol. The minimum Gasteiger partial charge on any atom is -0.376 e. The quantitative estimate of drug-likeness (QED) is 0.825. The van der Waals surface area contributed by atoms with Crippen LogP contribution in [0.2, 0.25) is 0 Å². The average Bonchev–Trinajstić information content (AvgIpc) is 3.02. The number of likely N-dealkylation sites (N-methyl/N-ethyl adjacent to an activating group) is 1. The number of hydrogen-bond acceptors (Lipinski definition) is 5. The first-order valence-electron chi connectivity index (χ1n) is 9.64. The van der Waals surface area contributed by atoms with Crippen molar-refractivity contribution in [3.63, 3.8) is 0 Å². The number of rotatable bonds is 5. The molecular weight excluding hydrogens is 326 g/mol. The van der Waals surface area contributed by atoms with Gasteiger partial charge in [0.1, 0.15) is 5.69 Å². The molecule has 3 heterocycles. The first-order chi connectivity index (χ1) is 12.6. The van der Waals surface area contributed by atoms with E-state index >= 15 is 0 Å². The van der Waals surface area contributed by atoms with Crippen molar-refractivity contribution >= 4 is 5.69 Å². The molecule has 26 heavy (non-hydrogen) atoms. The van der Waals surface area contributed by atoms with Crippen molar-refractivity contribution < 1.29 is 4.74 Å². The number of nitrogens with zero attached hydrogens (tertiary/aromatic N) is 5. The van der Waals surface area contributed by atoms with Gasteiger partial charge in [-0.2, -0.15) is 0 Å². The van der Waals surface area contributed by atoms with Gasteiger partial charge >= 0.3 is 0 Å². The first kappa shape index (κ1) is 17.5. The standard InChI is InChI=1S/C20H29N5O/c1-15-10-16(24-11-17(12-24)23(2)3)7-8-19(15)20-14-25(22-21-20)13-18-6-4-5-9-26-18/h7-8,10,14,17-18H,4-6,9,11-13H2,1-3H3. The van der Waals surface area contributed by atoms with Crippen LogP contribution >= 0.6 is 0 Å². The molecule has 1 aromatic carbocycles. The Hall–Kier alpha value is -1.92. The molecule has 1 unspecified atom stereocenters. The van der Waals surface area contributed by atoms with Crippen molar-refractivity contribution in [1.82, 2.24) is 19.9 Å². The van der Waals surface area contributed by atoms with E-state index in [1.807, 2.05) is 10.9 Å². The van der Waals surface area contributed by atoms with E-state index in [4.69, 9.17) is 4.74 Å². The minimum atomic E-state index is 0.276. The van der Waals surface area contributed by atoms with Gasteiger partial charge in [0, 0.05) is 37.0 Å². The van der Waals surface area contributed by atoms with Gasteiger partial charge in [0.2, 0.25) is 0 Å². The smallest absolute Gasteiger partial charge is 0.113 e. The lowest BCUT2D eigenvalue weighted by atomic mass is 10.0. The summed E-state index contributed by atoms with van der Waals surface area (Å²) in [7, 11) is 4.30. The Bertz CT molecular complexity index is 744. The molecule has 4 rings (SSSR count). The highest BCUT2D eigenvalue weighted by molar-refractivity contribution is 5.67. The molecule has 0 bridgehead atoms. The lowest BCUT2D eigenvalue weighted by Gasteiger charge is -2.44. The lowest BCUT2D eigenvalue weighted by molar-refractivity contribution is 0.00370. The van der Waals surface area contributed by atoms with E-state index in [9.17, 15) is 0 Å². The molecule has 0 N–H and O–H groups in total. The molecule has 1 aromatic heterocycles. The molecule has 0 saturated carbocycles. The van der Waals surface area contributed by atoms with E-state index < -0.39 is 0 Å². The predicted octanol–water partition coefficient (Wildman–Crippen LogP) is 2.57. The van der Waals surface area contributed by atoms with Crippen molar-refractivity contribution in [3.8, 4) is 11.3 Å². The molecule has 2 aromatic rings. The Morgan fingerprint density at radius 1 is 1.23 bits per heavy atom. The van der Waals surface area contributed by atoms with E-state index in [2.05, 4.69) is 59.3 Å². The van der Waals surface area contributed by atoms with Gasteiger partial charge < -0.3 is 14.5 Å². The number of aryl methyl sites for hydroxylation is 1. The van der Waals surface area contributed by atoms with Crippen molar-refractivity contribution in [2.75, 3.05) is 38.7 Å². The molecule has 0 amide bonds. The highest BCUT2D eigenvalue weighted by atomic mass is 16.5. The summed E-state index contributed by atoms with van der Waals surface area (Å²) >= 11 is 0. The highest BCUT2D eigenvalue weighted by Gasteiger charge is 2.28. The van der Waals surface area contributed by atoms with Gasteiger partial charge in [-0.05, 0) is 58.0 Å². The Balaban J connectivity index is 1.43. The van der Waals surface area contributed by atoms with Gasteiger partial charge in [0.15, 0.2) is 0 Å². The molecule has 2 fully saturated rings. The van der Waals surface area contributed by atoms with Crippen molar-refractivity contribution in [1.29, 1.82) is 0 Å². The van der Waals surface area contributed by atoms with Crippen LogP contribution < -0.4 is 4.90 Å². The summed E-state index contributed by atoms with van der Waals surface area (Å²) in [6.45, 7) is 6.03. The Morgan fingerprint density at radius 3 is 2.77 bits per heavy atom. The van der Waals surface area contributed by atoms with E-state index in [1.165, 1.54) is 24.1 Å². The van der Waals surface area contributed by atoms with Crippen molar-refractivity contribution in [3.05, 3.63) is 30.0 Å². The van der Waals surface area contributed by atoms with E-state index in [0.29, 0.717) is 6.04 Å². The lowest BCUT2D eigenvalue weighted by Crippen LogP contribution is -2.57. The first-order valence-corrected chi connectivity index (χ1v) is 9.64. The molecular formula is C20H29N5O. The van der Waals surface area contributed by atoms with Gasteiger partial charge in [-0.1, -0.05) is 11.3 Å². The molecule has 6 nitrogen and oxygen atoms in total. The zero-order valence-electron chi connectivity index (χ0n) is 16.1. The Kier molecular flexibility index (Phi) is 4.96. The maximum atomic E-state index is 5.81. The van der Waals surface area contributed by atoms with Crippen LogP contribution in [-0.4, -0.2) is 65.8 Å². The third kappa shape index (κ3) is 3.62. The SMILES string of the molecule is Cc1cc(N2CC(N(C)C)C2)ccc1-c1cn(CC2CCCCO2)nn1. The summed E-state index contributed by atoms with van der Waals surface area (Å²) in [4.78, 5) is 4.73. The Morgan fingerprint density at radius 2 is 2.08 bits per heavy atom. The number of hydrogen-bond donors (Lipinski definition) is 0. The topological polar surface area (TPSA) is 46.4 Å². The fourth-order valence-corrected chi connectivity index (χ4v) is 3.80. The van der Waals surface area contributed by atoms with Gasteiger partial charge in [0.25, 0.3) is 0 Å². The zero-order chi connectivity index (χ0) is 18.1. The molecule has 0 aliphatic carbocycles. The molecule has 1 atom stereocenters. The van der Waals surface area contributed by atoms with Gasteiger partial charge in [-0.25, -0.2) is 4.68 Å². The summed E-state index contributed by atoms with van der Waals surface area (Å²) in [5, 5.41) is 8.71. The fraction of sp³-hybridized carbons (Fsp3) is 0.600. The molecule has 0 spiro atoms. The number of benzene rings is 1. The van der Waals surface area contributed by atoms with Gasteiger partial charge in [-0.15, -0.1) is 5.10 Å². The van der Waals surface area contributed by atoms with Crippen molar-refractivity contribution in [2.24, 2.45) is 0 Å². The molecule has 0 radical (unpaired) electrons. The third-order valence-corrected chi connectivity index (χ3v) is 5.65. The van der Waals surface area contributed by atoms with Crippen LogP contribution in [0.15, 0.2) is 24.4 Å². The second-order valence-electron chi connectivity index (χ2n) is 7.84. The number of anilines is 1. The predicted molar refractivity (Wildman–Crippen MR) is 103 cm³/mol. The van der Waals surface area contributed by atoms with Gasteiger partial charge in [0.05, 0.1) is 18.8 Å². The van der Waals surface area contributed by atoms with Crippen LogP contribution in [0.4, 0.5) is 5.69 Å². The maximum absolute atomic E-state index is 5.81. The minimum absolute atomic E-state index is 0.276. The van der Waals surface area contributed by atoms with Crippen molar-refractivity contribution in [2.45, 2.75) is 44.9 Å². The van der Waals surface area contributed by atoms with Crippen LogP contribution in [0, 0.1) is 6.92 Å². The second-order valence-corrected chi connectivity index (χ2v) is 7.84. The molecule has 2 aliphatic heterocycles. The Labute approximate surface area is 155 Å². The summed E-state index contributed by atoms with van der Waals surface area (Å²) in [6.07, 6.45) is 5.87. The largest absolute Gasteiger partial charge is 0.376 e. The summed E-state index contributed by atoms with van der Waals surface area (Å²) in [5.41, 5.74) is 4.65. The fourth-order valence-electron chi connectivity index (χ4n) is 3.80. The van der Waals surface area contributed by atoms with Crippen LogP contribution in [0.25, 0.3) is 11.3 Å². The summed E-state index contributed by atoms with van der Waals surface area (Å²) < 4.78 is 7.74. The third-order valence-electron chi connectivity index (χ3n) is 5.65. The van der Waals surface area contributed by atoms with E-state index in [-0.39, 0.29) is 6.10 Å². The number of ether oxygens (including phenoxy) is 1. The van der Waals surface area contributed by atoms with Crippen LogP contribution in [0.5, 0.6) is 0 Å². The summed E-state index contributed by atoms with van der Waals surface area (Å²) in [6, 6.07) is 7.32. The normalized spacial score (nSPS) is 21.2. The van der Waals surface area contributed by atoms with E-state index in [0.717, 1.165) is 43.9 Å². The van der Waals surface area contributed by atoms with Crippen LogP contribution in [0.1, 0.15) is 24.8 Å². The van der Waals surface area contributed by atoms with Crippen LogP contribution in [0.3, 0.4) is 0 Å².